The Morgan fingerprint density at radius 1 is 1.17 bits per heavy atom. The van der Waals surface area contributed by atoms with Crippen LogP contribution in [0.2, 0.25) is 0 Å². The van der Waals surface area contributed by atoms with Gasteiger partial charge in [-0.3, -0.25) is 0 Å². The maximum Gasteiger partial charge on any atom is 0.173 e. The van der Waals surface area contributed by atoms with Crippen molar-refractivity contribution in [2.75, 3.05) is 43.6 Å². The van der Waals surface area contributed by atoms with Crippen molar-refractivity contribution in [2.45, 2.75) is 46.6 Å². The van der Waals surface area contributed by atoms with E-state index in [9.17, 15) is 0 Å². The van der Waals surface area contributed by atoms with Crippen LogP contribution in [-0.4, -0.2) is 43.4 Å². The molecule has 1 aliphatic rings. The molecule has 0 aromatic heterocycles. The summed E-state index contributed by atoms with van der Waals surface area (Å²) in [6.45, 7) is 11.0. The van der Waals surface area contributed by atoms with Gasteiger partial charge in [0, 0.05) is 44.7 Å². The predicted molar refractivity (Wildman–Crippen MR) is 132 cm³/mol. The summed E-state index contributed by atoms with van der Waals surface area (Å²) in [6.07, 6.45) is 3.58. The van der Waals surface area contributed by atoms with E-state index in [4.69, 9.17) is 17.0 Å². The van der Waals surface area contributed by atoms with Crippen LogP contribution >= 0.6 is 12.2 Å². The number of rotatable bonds is 8. The molecule has 0 fully saturated rings. The molecule has 0 spiro atoms. The van der Waals surface area contributed by atoms with Gasteiger partial charge >= 0.3 is 0 Å². The molecule has 0 saturated heterocycles. The monoisotopic (exact) mass is 425 g/mol. The van der Waals surface area contributed by atoms with Crippen LogP contribution in [0.25, 0.3) is 0 Å². The van der Waals surface area contributed by atoms with Crippen molar-refractivity contribution in [1.29, 1.82) is 0 Å². The number of nitrogens with one attached hydrogen (secondary N) is 1. The van der Waals surface area contributed by atoms with Gasteiger partial charge in [0.2, 0.25) is 0 Å². The first-order valence-corrected chi connectivity index (χ1v) is 11.4. The molecular formula is C25H35N3OS. The molecule has 0 unspecified atom stereocenters. The van der Waals surface area contributed by atoms with Gasteiger partial charge in [-0.2, -0.15) is 0 Å². The van der Waals surface area contributed by atoms with Crippen molar-refractivity contribution in [3.63, 3.8) is 0 Å². The number of anilines is 2. The van der Waals surface area contributed by atoms with Gasteiger partial charge in [0.1, 0.15) is 0 Å². The Morgan fingerprint density at radius 2 is 1.93 bits per heavy atom. The Labute approximate surface area is 187 Å². The predicted octanol–water partition coefficient (Wildman–Crippen LogP) is 5.31. The number of hydrogen-bond acceptors (Lipinski definition) is 3. The molecule has 1 N–H and O–H groups in total. The minimum atomic E-state index is 0.643. The summed E-state index contributed by atoms with van der Waals surface area (Å²) in [4.78, 5) is 4.72. The van der Waals surface area contributed by atoms with Crippen molar-refractivity contribution in [3.05, 3.63) is 58.7 Å². The molecule has 162 valence electrons. The van der Waals surface area contributed by atoms with Gasteiger partial charge in [0.05, 0.1) is 6.61 Å². The Bertz CT molecular complexity index is 847. The molecule has 0 amide bonds. The quantitative estimate of drug-likeness (QED) is 0.579. The maximum absolute atomic E-state index is 5.78. The van der Waals surface area contributed by atoms with E-state index in [0.717, 1.165) is 36.9 Å². The minimum Gasteiger partial charge on any atom is -0.383 e. The molecule has 5 heteroatoms. The molecule has 0 saturated carbocycles. The standard InChI is InChI=1S/C25H35N3OS/c1-5-10-27-11-6-7-22-17-21(8-9-24(22)27)18-28(12-13-29-4)25(30)26-23-15-19(2)14-20(3)16-23/h8-9,14-17H,5-7,10-13,18H2,1-4H3,(H,26,30). The first-order valence-electron chi connectivity index (χ1n) is 11.0. The van der Waals surface area contributed by atoms with Crippen molar-refractivity contribution in [1.82, 2.24) is 4.90 Å². The van der Waals surface area contributed by atoms with E-state index in [-0.39, 0.29) is 0 Å². The van der Waals surface area contributed by atoms with E-state index >= 15 is 0 Å². The fourth-order valence-corrected chi connectivity index (χ4v) is 4.53. The molecule has 4 nitrogen and oxygen atoms in total. The van der Waals surface area contributed by atoms with Gasteiger partial charge in [0.15, 0.2) is 5.11 Å². The highest BCUT2D eigenvalue weighted by Gasteiger charge is 2.18. The smallest absolute Gasteiger partial charge is 0.173 e. The third-order valence-electron chi connectivity index (χ3n) is 5.55. The van der Waals surface area contributed by atoms with Gasteiger partial charge < -0.3 is 19.9 Å². The maximum atomic E-state index is 5.78. The molecule has 3 rings (SSSR count). The molecule has 1 aliphatic heterocycles. The Kier molecular flexibility index (Phi) is 8.11. The second-order valence-electron chi connectivity index (χ2n) is 8.27. The lowest BCUT2D eigenvalue weighted by atomic mass is 9.99. The zero-order valence-corrected chi connectivity index (χ0v) is 19.6. The van der Waals surface area contributed by atoms with Crippen LogP contribution in [-0.2, 0) is 17.7 Å². The van der Waals surface area contributed by atoms with Gasteiger partial charge in [0.25, 0.3) is 0 Å². The summed E-state index contributed by atoms with van der Waals surface area (Å²) in [5.74, 6) is 0. The molecule has 0 radical (unpaired) electrons. The average Bonchev–Trinajstić information content (AvgIpc) is 2.70. The SMILES string of the molecule is CCCN1CCCc2cc(CN(CCOC)C(=S)Nc3cc(C)cc(C)c3)ccc21. The van der Waals surface area contributed by atoms with Gasteiger partial charge in [-0.15, -0.1) is 0 Å². The zero-order chi connectivity index (χ0) is 21.5. The van der Waals surface area contributed by atoms with Crippen molar-refractivity contribution in [2.24, 2.45) is 0 Å². The second-order valence-corrected chi connectivity index (χ2v) is 8.66. The summed E-state index contributed by atoms with van der Waals surface area (Å²) in [5.41, 5.74) is 7.68. The van der Waals surface area contributed by atoms with Gasteiger partial charge in [-0.25, -0.2) is 0 Å². The third kappa shape index (κ3) is 5.96. The van der Waals surface area contributed by atoms with E-state index in [1.165, 1.54) is 47.3 Å². The Hall–Kier alpha value is -2.11. The Balaban J connectivity index is 1.75. The van der Waals surface area contributed by atoms with Crippen LogP contribution in [0.1, 0.15) is 42.0 Å². The highest BCUT2D eigenvalue weighted by Crippen LogP contribution is 2.28. The summed E-state index contributed by atoms with van der Waals surface area (Å²) in [5, 5.41) is 4.17. The van der Waals surface area contributed by atoms with Crippen LogP contribution in [0.5, 0.6) is 0 Å². The highest BCUT2D eigenvalue weighted by molar-refractivity contribution is 7.80. The molecule has 0 aliphatic carbocycles. The van der Waals surface area contributed by atoms with E-state index in [1.807, 2.05) is 0 Å². The molecule has 2 aromatic carbocycles. The molecular weight excluding hydrogens is 390 g/mol. The van der Waals surface area contributed by atoms with Gasteiger partial charge in [-0.1, -0.05) is 25.1 Å². The zero-order valence-electron chi connectivity index (χ0n) is 18.8. The van der Waals surface area contributed by atoms with Crippen molar-refractivity contribution >= 4 is 28.7 Å². The van der Waals surface area contributed by atoms with Crippen molar-refractivity contribution < 1.29 is 4.74 Å². The Morgan fingerprint density at radius 3 is 2.63 bits per heavy atom. The normalized spacial score (nSPS) is 13.1. The number of nitrogens with zero attached hydrogens (tertiary/aromatic N) is 2. The number of benzene rings is 2. The lowest BCUT2D eigenvalue weighted by Crippen LogP contribution is -2.37. The summed E-state index contributed by atoms with van der Waals surface area (Å²) in [7, 11) is 1.74. The third-order valence-corrected chi connectivity index (χ3v) is 5.91. The summed E-state index contributed by atoms with van der Waals surface area (Å²) in [6, 6.07) is 13.4. The van der Waals surface area contributed by atoms with E-state index in [1.54, 1.807) is 7.11 Å². The van der Waals surface area contributed by atoms with Crippen LogP contribution in [0.4, 0.5) is 11.4 Å². The molecule has 1 heterocycles. The van der Waals surface area contributed by atoms with E-state index in [0.29, 0.717) is 6.61 Å². The first-order chi connectivity index (χ1) is 14.5. The van der Waals surface area contributed by atoms with Crippen LogP contribution in [0.3, 0.4) is 0 Å². The molecule has 0 bridgehead atoms. The number of hydrogen-bond donors (Lipinski definition) is 1. The second kappa shape index (κ2) is 10.8. The lowest BCUT2D eigenvalue weighted by Gasteiger charge is -2.32. The minimum absolute atomic E-state index is 0.643. The van der Waals surface area contributed by atoms with Crippen molar-refractivity contribution in [3.8, 4) is 0 Å². The topological polar surface area (TPSA) is 27.7 Å². The van der Waals surface area contributed by atoms with E-state index in [2.05, 4.69) is 72.3 Å². The molecule has 0 atom stereocenters. The highest BCUT2D eigenvalue weighted by atomic mass is 32.1. The number of aryl methyl sites for hydroxylation is 3. The number of fused-ring (bicyclic) bond motifs is 1. The first kappa shape index (κ1) is 22.6. The average molecular weight is 426 g/mol. The number of thiocarbonyl (C=S) groups is 1. The number of ether oxygens (including phenoxy) is 1. The fourth-order valence-electron chi connectivity index (χ4n) is 4.25. The van der Waals surface area contributed by atoms with Crippen LogP contribution in [0, 0.1) is 13.8 Å². The fraction of sp³-hybridized carbons (Fsp3) is 0.480. The molecule has 30 heavy (non-hydrogen) atoms. The largest absolute Gasteiger partial charge is 0.383 e. The number of methoxy groups -OCH3 is 1. The summed E-state index contributed by atoms with van der Waals surface area (Å²) >= 11 is 5.78. The van der Waals surface area contributed by atoms with Gasteiger partial charge in [-0.05, 0) is 85.8 Å². The van der Waals surface area contributed by atoms with Crippen LogP contribution < -0.4 is 10.2 Å². The van der Waals surface area contributed by atoms with E-state index < -0.39 is 0 Å². The summed E-state index contributed by atoms with van der Waals surface area (Å²) < 4.78 is 5.34. The molecule has 2 aromatic rings. The van der Waals surface area contributed by atoms with Crippen LogP contribution in [0.15, 0.2) is 36.4 Å². The lowest BCUT2D eigenvalue weighted by molar-refractivity contribution is 0.175.